The number of fused-ring (bicyclic) bond motifs is 3. The number of rotatable bonds is 6. The molecule has 4 rings (SSSR count). The molecule has 10 nitrogen and oxygen atoms in total. The van der Waals surface area contributed by atoms with Crippen molar-refractivity contribution in [2.45, 2.75) is 29.1 Å². The average molecular weight is 471 g/mol. The highest BCUT2D eigenvalue weighted by Gasteiger charge is 2.19. The van der Waals surface area contributed by atoms with Crippen LogP contribution in [0.4, 0.5) is 5.69 Å². The highest BCUT2D eigenvalue weighted by atomic mass is 32.2. The minimum Gasteiger partial charge on any atom is -0.338 e. The molecule has 0 bridgehead atoms. The first-order valence-electron chi connectivity index (χ1n) is 9.45. The molecule has 3 N–H and O–H groups in total. The minimum atomic E-state index is -3.93. The molecule has 1 unspecified atom stereocenters. The fourth-order valence-electron chi connectivity index (χ4n) is 2.98. The molecule has 32 heavy (non-hydrogen) atoms. The number of aromatic amines is 1. The van der Waals surface area contributed by atoms with Crippen molar-refractivity contribution in [2.75, 3.05) is 5.32 Å². The van der Waals surface area contributed by atoms with Gasteiger partial charge in [0.05, 0.1) is 10.1 Å². The van der Waals surface area contributed by atoms with Crippen molar-refractivity contribution in [3.63, 3.8) is 0 Å². The fraction of sp³-hybridized carbons (Fsp3) is 0.150. The number of sulfonamides is 1. The Morgan fingerprint density at radius 1 is 1.06 bits per heavy atom. The topological polar surface area (TPSA) is 147 Å². The van der Waals surface area contributed by atoms with E-state index in [4.69, 9.17) is 0 Å². The van der Waals surface area contributed by atoms with Gasteiger partial charge in [0.1, 0.15) is 5.52 Å². The third-order valence-corrected chi connectivity index (χ3v) is 6.86. The molecule has 0 spiro atoms. The van der Waals surface area contributed by atoms with Gasteiger partial charge in [-0.15, -0.1) is 10.2 Å². The smallest absolute Gasteiger partial charge is 0.264 e. The molecule has 0 saturated carbocycles. The van der Waals surface area contributed by atoms with E-state index < -0.39 is 21.2 Å². The Balaban J connectivity index is 1.44. The molecular formula is C20H18N6O4S2. The van der Waals surface area contributed by atoms with E-state index in [-0.39, 0.29) is 10.8 Å². The number of benzene rings is 2. The number of nitrogens with zero attached hydrogens (tertiary/aromatic N) is 3. The molecule has 2 aromatic heterocycles. The van der Waals surface area contributed by atoms with E-state index in [1.54, 1.807) is 6.92 Å². The van der Waals surface area contributed by atoms with Crippen molar-refractivity contribution in [1.29, 1.82) is 0 Å². The molecule has 0 aliphatic rings. The van der Waals surface area contributed by atoms with E-state index in [0.717, 1.165) is 29.6 Å². The zero-order chi connectivity index (χ0) is 22.9. The Labute approximate surface area is 187 Å². The van der Waals surface area contributed by atoms with E-state index in [1.165, 1.54) is 24.3 Å². The highest BCUT2D eigenvalue weighted by Crippen LogP contribution is 2.25. The number of anilines is 1. The van der Waals surface area contributed by atoms with Gasteiger partial charge in [0, 0.05) is 23.5 Å². The van der Waals surface area contributed by atoms with Gasteiger partial charge in [-0.25, -0.2) is 18.1 Å². The quantitative estimate of drug-likeness (QED) is 0.364. The first-order chi connectivity index (χ1) is 15.2. The monoisotopic (exact) mass is 470 g/mol. The van der Waals surface area contributed by atoms with Gasteiger partial charge in [-0.3, -0.25) is 9.59 Å². The molecule has 0 aliphatic heterocycles. The SMILES string of the molecule is CC(=O)NS(=O)(=O)c1ccc(NC(=O)C(C)Sc2nnc3c(n2)[nH]c2ccccc23)cc1. The lowest BCUT2D eigenvalue weighted by Gasteiger charge is -2.11. The number of thioether (sulfide) groups is 1. The molecule has 0 aliphatic carbocycles. The first kappa shape index (κ1) is 21.7. The summed E-state index contributed by atoms with van der Waals surface area (Å²) >= 11 is 1.15. The van der Waals surface area contributed by atoms with E-state index in [1.807, 2.05) is 29.0 Å². The van der Waals surface area contributed by atoms with Crippen molar-refractivity contribution in [1.82, 2.24) is 24.9 Å². The number of carbonyl (C=O) groups excluding carboxylic acids is 2. The van der Waals surface area contributed by atoms with Gasteiger partial charge >= 0.3 is 0 Å². The van der Waals surface area contributed by atoms with Crippen LogP contribution >= 0.6 is 11.8 Å². The van der Waals surface area contributed by atoms with Crippen LogP contribution in [0.15, 0.2) is 58.6 Å². The van der Waals surface area contributed by atoms with Crippen molar-refractivity contribution >= 4 is 61.4 Å². The zero-order valence-electron chi connectivity index (χ0n) is 17.0. The molecule has 4 aromatic rings. The Kier molecular flexibility index (Phi) is 5.80. The second-order valence-corrected chi connectivity index (χ2v) is 9.89. The lowest BCUT2D eigenvalue weighted by atomic mass is 10.2. The molecule has 12 heteroatoms. The zero-order valence-corrected chi connectivity index (χ0v) is 18.6. The number of hydrogen-bond donors (Lipinski definition) is 3. The average Bonchev–Trinajstić information content (AvgIpc) is 3.11. The first-order valence-corrected chi connectivity index (χ1v) is 11.8. The van der Waals surface area contributed by atoms with Crippen LogP contribution in [0, 0.1) is 0 Å². The largest absolute Gasteiger partial charge is 0.338 e. The predicted octanol–water partition coefficient (Wildman–Crippen LogP) is 2.45. The van der Waals surface area contributed by atoms with E-state index >= 15 is 0 Å². The number of H-pyrrole nitrogens is 1. The van der Waals surface area contributed by atoms with Gasteiger partial charge in [0.15, 0.2) is 5.65 Å². The molecule has 0 saturated heterocycles. The number of aromatic nitrogens is 4. The Hall–Kier alpha value is -3.51. The summed E-state index contributed by atoms with van der Waals surface area (Å²) in [6, 6.07) is 13.2. The second kappa shape index (κ2) is 8.55. The fourth-order valence-corrected chi connectivity index (χ4v) is 4.68. The molecular weight excluding hydrogens is 452 g/mol. The van der Waals surface area contributed by atoms with E-state index in [9.17, 15) is 18.0 Å². The summed E-state index contributed by atoms with van der Waals surface area (Å²) in [6.07, 6.45) is 0. The number of carbonyl (C=O) groups is 2. The van der Waals surface area contributed by atoms with Gasteiger partial charge in [0.2, 0.25) is 17.0 Å². The van der Waals surface area contributed by atoms with Crippen LogP contribution in [0.25, 0.3) is 22.1 Å². The summed E-state index contributed by atoms with van der Waals surface area (Å²) in [4.78, 5) is 31.1. The Morgan fingerprint density at radius 2 is 1.78 bits per heavy atom. The Morgan fingerprint density at radius 3 is 2.50 bits per heavy atom. The van der Waals surface area contributed by atoms with Crippen molar-refractivity contribution in [3.8, 4) is 0 Å². The van der Waals surface area contributed by atoms with Crippen LogP contribution in [0.2, 0.25) is 0 Å². The lowest BCUT2D eigenvalue weighted by molar-refractivity contribution is -0.117. The number of para-hydroxylation sites is 1. The summed E-state index contributed by atoms with van der Waals surface area (Å²) < 4.78 is 25.9. The van der Waals surface area contributed by atoms with Crippen LogP contribution in [-0.2, 0) is 19.6 Å². The molecule has 0 radical (unpaired) electrons. The van der Waals surface area contributed by atoms with Gasteiger partial charge in [-0.1, -0.05) is 30.0 Å². The Bertz CT molecular complexity index is 1430. The van der Waals surface area contributed by atoms with Gasteiger partial charge in [-0.05, 0) is 37.3 Å². The second-order valence-electron chi connectivity index (χ2n) is 6.90. The normalized spacial score (nSPS) is 12.6. The third kappa shape index (κ3) is 4.55. The molecule has 0 fully saturated rings. The van der Waals surface area contributed by atoms with Crippen molar-refractivity contribution < 1.29 is 18.0 Å². The molecule has 2 amide bonds. The maximum atomic E-state index is 12.6. The van der Waals surface area contributed by atoms with Crippen LogP contribution in [0.5, 0.6) is 0 Å². The van der Waals surface area contributed by atoms with Crippen LogP contribution in [0.3, 0.4) is 0 Å². The number of nitrogens with one attached hydrogen (secondary N) is 3. The van der Waals surface area contributed by atoms with Gasteiger partial charge < -0.3 is 10.3 Å². The van der Waals surface area contributed by atoms with Gasteiger partial charge in [0.25, 0.3) is 10.0 Å². The molecule has 1 atom stereocenters. The molecule has 164 valence electrons. The summed E-state index contributed by atoms with van der Waals surface area (Å²) in [6.45, 7) is 2.81. The van der Waals surface area contributed by atoms with Gasteiger partial charge in [-0.2, -0.15) is 0 Å². The van der Waals surface area contributed by atoms with Crippen LogP contribution in [0.1, 0.15) is 13.8 Å². The third-order valence-electron chi connectivity index (χ3n) is 4.46. The summed E-state index contributed by atoms with van der Waals surface area (Å²) in [5.41, 5.74) is 2.57. The van der Waals surface area contributed by atoms with E-state index in [0.29, 0.717) is 22.0 Å². The summed E-state index contributed by atoms with van der Waals surface area (Å²) in [7, 11) is -3.93. The predicted molar refractivity (Wildman–Crippen MR) is 121 cm³/mol. The highest BCUT2D eigenvalue weighted by molar-refractivity contribution is 8.00. The maximum Gasteiger partial charge on any atom is 0.264 e. The minimum absolute atomic E-state index is 0.0840. The number of hydrogen-bond acceptors (Lipinski definition) is 8. The molecule has 2 heterocycles. The van der Waals surface area contributed by atoms with E-state index in [2.05, 4.69) is 25.5 Å². The molecule has 2 aromatic carbocycles. The summed E-state index contributed by atoms with van der Waals surface area (Å²) in [5, 5.41) is 11.8. The van der Waals surface area contributed by atoms with Crippen molar-refractivity contribution in [3.05, 3.63) is 48.5 Å². The van der Waals surface area contributed by atoms with Crippen LogP contribution < -0.4 is 10.0 Å². The standard InChI is InChI=1S/C20H18N6O4S2/c1-11(19(28)21-13-7-9-14(10-8-13)32(29,30)26-12(2)27)31-20-23-18-17(24-25-20)15-5-3-4-6-16(15)22-18/h3-11H,1-2H3,(H,21,28)(H,26,27)(H,22,23,25). The number of amides is 2. The summed E-state index contributed by atoms with van der Waals surface area (Å²) in [5.74, 6) is -0.997. The lowest BCUT2D eigenvalue weighted by Crippen LogP contribution is -2.28. The van der Waals surface area contributed by atoms with Crippen molar-refractivity contribution in [2.24, 2.45) is 0 Å². The maximum absolute atomic E-state index is 12.6. The van der Waals surface area contributed by atoms with Crippen LogP contribution in [-0.4, -0.2) is 45.6 Å².